The molecule has 2 aliphatic heterocycles. The van der Waals surface area contributed by atoms with Crippen LogP contribution >= 0.6 is 0 Å². The fraction of sp³-hybridized carbons (Fsp3) is 0.611. The predicted octanol–water partition coefficient (Wildman–Crippen LogP) is 2.30. The summed E-state index contributed by atoms with van der Waals surface area (Å²) in [4.78, 5) is 14.6. The lowest BCUT2D eigenvalue weighted by molar-refractivity contribution is -0.136. The first kappa shape index (κ1) is 16.9. The molecule has 24 heavy (non-hydrogen) atoms. The summed E-state index contributed by atoms with van der Waals surface area (Å²) in [7, 11) is 1.61. The summed E-state index contributed by atoms with van der Waals surface area (Å²) in [5, 5.41) is 3.32. The molecule has 0 radical (unpaired) electrons. The highest BCUT2D eigenvalue weighted by atomic mass is 16.7. The van der Waals surface area contributed by atoms with E-state index in [-0.39, 0.29) is 18.7 Å². The monoisotopic (exact) mass is 334 g/mol. The van der Waals surface area contributed by atoms with E-state index in [9.17, 15) is 4.79 Å². The molecule has 1 amide bonds. The maximum absolute atomic E-state index is 12.6. The lowest BCUT2D eigenvalue weighted by atomic mass is 10.0. The van der Waals surface area contributed by atoms with Crippen LogP contribution < -0.4 is 19.5 Å². The number of likely N-dealkylation sites (tertiary alicyclic amines) is 1. The number of rotatable bonds is 5. The highest BCUT2D eigenvalue weighted by molar-refractivity contribution is 5.81. The fourth-order valence-corrected chi connectivity index (χ4v) is 3.32. The Morgan fingerprint density at radius 2 is 2.25 bits per heavy atom. The quantitative estimate of drug-likeness (QED) is 0.895. The van der Waals surface area contributed by atoms with Gasteiger partial charge in [-0.3, -0.25) is 4.79 Å². The maximum atomic E-state index is 12.6. The van der Waals surface area contributed by atoms with Crippen LogP contribution in [0.2, 0.25) is 0 Å². The molecule has 0 saturated carbocycles. The molecule has 1 aromatic rings. The molecule has 132 valence electrons. The fourth-order valence-electron chi connectivity index (χ4n) is 3.32. The van der Waals surface area contributed by atoms with Gasteiger partial charge in [-0.05, 0) is 50.8 Å². The molecule has 6 heteroatoms. The number of nitrogens with one attached hydrogen (secondary N) is 1. The number of benzene rings is 1. The van der Waals surface area contributed by atoms with Gasteiger partial charge in [0.25, 0.3) is 0 Å². The van der Waals surface area contributed by atoms with Crippen molar-refractivity contribution in [3.63, 3.8) is 0 Å². The van der Waals surface area contributed by atoms with Gasteiger partial charge in [0.1, 0.15) is 0 Å². The molecule has 0 unspecified atom stereocenters. The minimum atomic E-state index is -0.220. The predicted molar refractivity (Wildman–Crippen MR) is 90.4 cm³/mol. The van der Waals surface area contributed by atoms with Crippen molar-refractivity contribution in [1.29, 1.82) is 0 Å². The topological polar surface area (TPSA) is 60.0 Å². The lowest BCUT2D eigenvalue weighted by Gasteiger charge is -2.35. The zero-order valence-corrected chi connectivity index (χ0v) is 14.6. The van der Waals surface area contributed by atoms with Crippen LogP contribution in [-0.4, -0.2) is 43.3 Å². The van der Waals surface area contributed by atoms with Gasteiger partial charge in [0, 0.05) is 19.1 Å². The largest absolute Gasteiger partial charge is 0.493 e. The van der Waals surface area contributed by atoms with Crippen LogP contribution in [0, 0.1) is 0 Å². The summed E-state index contributed by atoms with van der Waals surface area (Å²) in [6, 6.07) is 3.96. The number of piperidine rings is 1. The molecular formula is C18H26N2O4. The van der Waals surface area contributed by atoms with E-state index < -0.39 is 0 Å². The summed E-state index contributed by atoms with van der Waals surface area (Å²) in [6.07, 6.45) is 3.41. The van der Waals surface area contributed by atoms with E-state index in [0.717, 1.165) is 24.9 Å². The minimum absolute atomic E-state index is 0.176. The highest BCUT2D eigenvalue weighted by Crippen LogP contribution is 2.41. The van der Waals surface area contributed by atoms with Crippen molar-refractivity contribution in [2.75, 3.05) is 20.4 Å². The van der Waals surface area contributed by atoms with Crippen LogP contribution in [0.3, 0.4) is 0 Å². The Morgan fingerprint density at radius 1 is 1.42 bits per heavy atom. The third-order valence-electron chi connectivity index (χ3n) is 4.79. The van der Waals surface area contributed by atoms with Crippen LogP contribution in [0.1, 0.15) is 38.7 Å². The van der Waals surface area contributed by atoms with E-state index in [1.54, 1.807) is 7.11 Å². The molecule has 1 aromatic carbocycles. The Balaban J connectivity index is 1.62. The third kappa shape index (κ3) is 3.43. The molecule has 0 bridgehead atoms. The molecule has 0 aromatic heterocycles. The van der Waals surface area contributed by atoms with Crippen LogP contribution in [-0.2, 0) is 11.3 Å². The molecular weight excluding hydrogens is 308 g/mol. The second kappa shape index (κ2) is 7.30. The van der Waals surface area contributed by atoms with Crippen molar-refractivity contribution < 1.29 is 19.0 Å². The molecule has 1 fully saturated rings. The van der Waals surface area contributed by atoms with Gasteiger partial charge in [-0.2, -0.15) is 0 Å². The molecule has 2 heterocycles. The van der Waals surface area contributed by atoms with Gasteiger partial charge < -0.3 is 24.4 Å². The first-order chi connectivity index (χ1) is 11.6. The number of methoxy groups -OCH3 is 1. The standard InChI is InChI=1S/C18H26N2O4/c1-12-6-4-5-7-20(12)18(21)13(2)19-10-14-8-15(22-3)17-16(9-14)23-11-24-17/h8-9,12-13,19H,4-7,10-11H2,1-3H3/t12-,13+/m0/s1. The normalized spacial score (nSPS) is 20.8. The summed E-state index contributed by atoms with van der Waals surface area (Å²) in [5.74, 6) is 2.17. The zero-order valence-electron chi connectivity index (χ0n) is 14.6. The molecule has 3 rings (SSSR count). The summed E-state index contributed by atoms with van der Waals surface area (Å²) in [5.41, 5.74) is 1.00. The molecule has 2 aliphatic rings. The average Bonchev–Trinajstić information content (AvgIpc) is 3.07. The van der Waals surface area contributed by atoms with E-state index in [1.807, 2.05) is 24.0 Å². The van der Waals surface area contributed by atoms with Gasteiger partial charge in [0.2, 0.25) is 18.4 Å². The van der Waals surface area contributed by atoms with E-state index >= 15 is 0 Å². The number of amides is 1. The summed E-state index contributed by atoms with van der Waals surface area (Å²) in [6.45, 7) is 5.71. The van der Waals surface area contributed by atoms with E-state index in [0.29, 0.717) is 29.8 Å². The Hall–Kier alpha value is -1.95. The first-order valence-electron chi connectivity index (χ1n) is 8.60. The van der Waals surface area contributed by atoms with Gasteiger partial charge in [-0.1, -0.05) is 0 Å². The number of carbonyl (C=O) groups excluding carboxylic acids is 1. The van der Waals surface area contributed by atoms with Crippen molar-refractivity contribution >= 4 is 5.91 Å². The molecule has 0 aliphatic carbocycles. The second-order valence-electron chi connectivity index (χ2n) is 6.51. The van der Waals surface area contributed by atoms with Crippen molar-refractivity contribution in [3.05, 3.63) is 17.7 Å². The highest BCUT2D eigenvalue weighted by Gasteiger charge is 2.27. The maximum Gasteiger partial charge on any atom is 0.239 e. The molecule has 1 saturated heterocycles. The number of fused-ring (bicyclic) bond motifs is 1. The SMILES string of the molecule is COc1cc(CN[C@H](C)C(=O)N2CCCC[C@@H]2C)cc2c1OCO2. The molecule has 6 nitrogen and oxygen atoms in total. The number of carbonyl (C=O) groups is 1. The Morgan fingerprint density at radius 3 is 3.00 bits per heavy atom. The van der Waals surface area contributed by atoms with E-state index in [2.05, 4.69) is 12.2 Å². The summed E-state index contributed by atoms with van der Waals surface area (Å²) >= 11 is 0. The average molecular weight is 334 g/mol. The minimum Gasteiger partial charge on any atom is -0.493 e. The Labute approximate surface area is 143 Å². The van der Waals surface area contributed by atoms with Crippen molar-refractivity contribution in [3.8, 4) is 17.2 Å². The number of ether oxygens (including phenoxy) is 3. The first-order valence-corrected chi connectivity index (χ1v) is 8.60. The Kier molecular flexibility index (Phi) is 5.14. The van der Waals surface area contributed by atoms with E-state index in [1.165, 1.54) is 6.42 Å². The van der Waals surface area contributed by atoms with Gasteiger partial charge in [0.05, 0.1) is 13.2 Å². The van der Waals surface area contributed by atoms with Crippen molar-refractivity contribution in [2.24, 2.45) is 0 Å². The summed E-state index contributed by atoms with van der Waals surface area (Å²) < 4.78 is 16.2. The van der Waals surface area contributed by atoms with Crippen LogP contribution in [0.25, 0.3) is 0 Å². The number of nitrogens with zero attached hydrogens (tertiary/aromatic N) is 1. The van der Waals surface area contributed by atoms with Crippen LogP contribution in [0.4, 0.5) is 0 Å². The van der Waals surface area contributed by atoms with Crippen molar-refractivity contribution in [1.82, 2.24) is 10.2 Å². The van der Waals surface area contributed by atoms with Crippen molar-refractivity contribution in [2.45, 2.75) is 51.7 Å². The Bertz CT molecular complexity index is 605. The zero-order chi connectivity index (χ0) is 17.1. The van der Waals surface area contributed by atoms with E-state index in [4.69, 9.17) is 14.2 Å². The molecule has 2 atom stereocenters. The lowest BCUT2D eigenvalue weighted by Crippen LogP contribution is -2.50. The smallest absolute Gasteiger partial charge is 0.239 e. The second-order valence-corrected chi connectivity index (χ2v) is 6.51. The number of hydrogen-bond acceptors (Lipinski definition) is 5. The van der Waals surface area contributed by atoms with Crippen LogP contribution in [0.5, 0.6) is 17.2 Å². The van der Waals surface area contributed by atoms with Gasteiger partial charge in [-0.25, -0.2) is 0 Å². The van der Waals surface area contributed by atoms with Gasteiger partial charge in [-0.15, -0.1) is 0 Å². The molecule has 1 N–H and O–H groups in total. The van der Waals surface area contributed by atoms with Gasteiger partial charge in [0.15, 0.2) is 11.5 Å². The number of hydrogen-bond donors (Lipinski definition) is 1. The molecule has 0 spiro atoms. The third-order valence-corrected chi connectivity index (χ3v) is 4.79. The van der Waals surface area contributed by atoms with Crippen LogP contribution in [0.15, 0.2) is 12.1 Å². The van der Waals surface area contributed by atoms with Gasteiger partial charge >= 0.3 is 0 Å².